The fourth-order valence-electron chi connectivity index (χ4n) is 3.98. The zero-order valence-corrected chi connectivity index (χ0v) is 20.7. The monoisotopic (exact) mass is 522 g/mol. The van der Waals surface area contributed by atoms with Crippen molar-refractivity contribution in [2.45, 2.75) is 37.1 Å². The van der Waals surface area contributed by atoms with Crippen LogP contribution in [0.15, 0.2) is 39.7 Å². The van der Waals surface area contributed by atoms with E-state index in [1.54, 1.807) is 28.8 Å². The van der Waals surface area contributed by atoms with E-state index >= 15 is 0 Å². The highest BCUT2D eigenvalue weighted by Gasteiger charge is 2.27. The van der Waals surface area contributed by atoms with E-state index in [0.29, 0.717) is 12.1 Å². The first-order chi connectivity index (χ1) is 15.2. The topological polar surface area (TPSA) is 103 Å². The van der Waals surface area contributed by atoms with Crippen molar-refractivity contribution >= 4 is 48.9 Å². The molecule has 11 heteroatoms. The molecule has 0 spiro atoms. The highest BCUT2D eigenvalue weighted by molar-refractivity contribution is 9.10. The molecule has 9 nitrogen and oxygen atoms in total. The van der Waals surface area contributed by atoms with Crippen molar-refractivity contribution in [3.8, 4) is 0 Å². The fourth-order valence-corrected chi connectivity index (χ4v) is 5.21. The molecule has 1 fully saturated rings. The molecule has 172 valence electrons. The molecule has 1 aliphatic rings. The van der Waals surface area contributed by atoms with Crippen LogP contribution in [-0.2, 0) is 10.0 Å². The number of rotatable bonds is 7. The van der Waals surface area contributed by atoms with Gasteiger partial charge in [0.05, 0.1) is 15.1 Å². The van der Waals surface area contributed by atoms with Crippen LogP contribution in [0.3, 0.4) is 0 Å². The maximum Gasteiger partial charge on any atom is 0.242 e. The lowest BCUT2D eigenvalue weighted by Gasteiger charge is -2.26. The summed E-state index contributed by atoms with van der Waals surface area (Å²) in [7, 11) is -0.466. The van der Waals surface area contributed by atoms with E-state index in [9.17, 15) is 13.5 Å². The molecule has 0 amide bonds. The second-order valence-corrected chi connectivity index (χ2v) is 11.0. The van der Waals surface area contributed by atoms with Gasteiger partial charge in [0.15, 0.2) is 5.65 Å². The minimum absolute atomic E-state index is 0.145. The summed E-state index contributed by atoms with van der Waals surface area (Å²) < 4.78 is 28.5. The highest BCUT2D eigenvalue weighted by Crippen LogP contribution is 2.32. The third-order valence-electron chi connectivity index (χ3n) is 5.72. The van der Waals surface area contributed by atoms with Gasteiger partial charge < -0.3 is 15.3 Å². The Morgan fingerprint density at radius 2 is 2.00 bits per heavy atom. The molecule has 1 aromatic carbocycles. The van der Waals surface area contributed by atoms with E-state index in [-0.39, 0.29) is 17.5 Å². The zero-order chi connectivity index (χ0) is 23.0. The van der Waals surface area contributed by atoms with Gasteiger partial charge in [0.1, 0.15) is 11.6 Å². The first kappa shape index (κ1) is 23.0. The first-order valence-electron chi connectivity index (χ1n) is 10.5. The van der Waals surface area contributed by atoms with Gasteiger partial charge in [0.25, 0.3) is 0 Å². The standard InChI is InChI=1S/C21H27BrN6O3S/c1-14-20(22)21-24-18(27-11-4-5-16(27)10-12-29)13-19(28(21)25-14)23-15-6-8-17(9-7-15)32(30,31)26(2)3/h6-9,13,16,23,29H,4-5,10-12H2,1-3H3. The van der Waals surface area contributed by atoms with Crippen LogP contribution in [0.4, 0.5) is 17.3 Å². The van der Waals surface area contributed by atoms with Crippen LogP contribution in [-0.4, -0.2) is 65.7 Å². The van der Waals surface area contributed by atoms with E-state index in [1.165, 1.54) is 18.4 Å². The van der Waals surface area contributed by atoms with Gasteiger partial charge in [-0.15, -0.1) is 0 Å². The summed E-state index contributed by atoms with van der Waals surface area (Å²) in [5.41, 5.74) is 2.25. The molecule has 2 N–H and O–H groups in total. The molecule has 0 bridgehead atoms. The van der Waals surface area contributed by atoms with Gasteiger partial charge in [-0.1, -0.05) is 0 Å². The van der Waals surface area contributed by atoms with Crippen LogP contribution in [0, 0.1) is 6.92 Å². The van der Waals surface area contributed by atoms with E-state index < -0.39 is 10.0 Å². The molecule has 32 heavy (non-hydrogen) atoms. The van der Waals surface area contributed by atoms with E-state index in [4.69, 9.17) is 4.98 Å². The fraction of sp³-hybridized carbons (Fsp3) is 0.429. The van der Waals surface area contributed by atoms with Gasteiger partial charge in [-0.3, -0.25) is 0 Å². The quantitative estimate of drug-likeness (QED) is 0.491. The molecule has 0 saturated carbocycles. The summed E-state index contributed by atoms with van der Waals surface area (Å²) in [4.78, 5) is 7.32. The molecule has 2 aromatic heterocycles. The number of aromatic nitrogens is 3. The number of nitrogens with one attached hydrogen (secondary N) is 1. The van der Waals surface area contributed by atoms with Crippen LogP contribution in [0.5, 0.6) is 0 Å². The molecular formula is C21H27BrN6O3S. The predicted molar refractivity (Wildman–Crippen MR) is 128 cm³/mol. The van der Waals surface area contributed by atoms with Crippen LogP contribution in [0.2, 0.25) is 0 Å². The van der Waals surface area contributed by atoms with Crippen molar-refractivity contribution in [1.29, 1.82) is 0 Å². The molecule has 1 aliphatic heterocycles. The number of benzene rings is 1. The van der Waals surface area contributed by atoms with Crippen molar-refractivity contribution in [3.63, 3.8) is 0 Å². The first-order valence-corrected chi connectivity index (χ1v) is 12.7. The summed E-state index contributed by atoms with van der Waals surface area (Å²) in [6.07, 6.45) is 2.79. The van der Waals surface area contributed by atoms with Gasteiger partial charge in [-0.2, -0.15) is 9.61 Å². The molecule has 0 radical (unpaired) electrons. The molecular weight excluding hydrogens is 496 g/mol. The van der Waals surface area contributed by atoms with Gasteiger partial charge >= 0.3 is 0 Å². The minimum Gasteiger partial charge on any atom is -0.396 e. The largest absolute Gasteiger partial charge is 0.396 e. The van der Waals surface area contributed by atoms with Crippen LogP contribution < -0.4 is 10.2 Å². The number of hydrogen-bond acceptors (Lipinski definition) is 7. The Morgan fingerprint density at radius 1 is 1.28 bits per heavy atom. The van der Waals surface area contributed by atoms with E-state index in [2.05, 4.69) is 31.2 Å². The summed E-state index contributed by atoms with van der Waals surface area (Å²) >= 11 is 3.60. The third-order valence-corrected chi connectivity index (χ3v) is 8.48. The number of aliphatic hydroxyl groups is 1. The average Bonchev–Trinajstić information content (AvgIpc) is 3.33. The Morgan fingerprint density at radius 3 is 2.66 bits per heavy atom. The summed E-state index contributed by atoms with van der Waals surface area (Å²) in [6, 6.07) is 8.83. The number of anilines is 3. The maximum absolute atomic E-state index is 12.3. The zero-order valence-electron chi connectivity index (χ0n) is 18.3. The number of aliphatic hydroxyl groups excluding tert-OH is 1. The number of aryl methyl sites for hydroxylation is 1. The lowest BCUT2D eigenvalue weighted by molar-refractivity contribution is 0.275. The van der Waals surface area contributed by atoms with Gasteiger partial charge in [0, 0.05) is 45.0 Å². The number of sulfonamides is 1. The number of halogens is 1. The second kappa shape index (κ2) is 8.97. The number of fused-ring (bicyclic) bond motifs is 1. The summed E-state index contributed by atoms with van der Waals surface area (Å²) in [5, 5.41) is 17.4. The summed E-state index contributed by atoms with van der Waals surface area (Å²) in [6.45, 7) is 2.94. The van der Waals surface area contributed by atoms with Crippen LogP contribution in [0.1, 0.15) is 25.0 Å². The Hall–Kier alpha value is -2.21. The van der Waals surface area contributed by atoms with Crippen molar-refractivity contribution < 1.29 is 13.5 Å². The molecule has 1 saturated heterocycles. The smallest absolute Gasteiger partial charge is 0.242 e. The summed E-state index contributed by atoms with van der Waals surface area (Å²) in [5.74, 6) is 1.54. The van der Waals surface area contributed by atoms with Gasteiger partial charge in [0.2, 0.25) is 10.0 Å². The normalized spacial score (nSPS) is 16.9. The van der Waals surface area contributed by atoms with Crippen LogP contribution in [0.25, 0.3) is 5.65 Å². The highest BCUT2D eigenvalue weighted by atomic mass is 79.9. The van der Waals surface area contributed by atoms with Gasteiger partial charge in [-0.25, -0.2) is 17.7 Å². The maximum atomic E-state index is 12.3. The predicted octanol–water partition coefficient (Wildman–Crippen LogP) is 3.15. The SMILES string of the molecule is Cc1nn2c(Nc3ccc(S(=O)(=O)N(C)C)cc3)cc(N3CCCC3CCO)nc2c1Br. The lowest BCUT2D eigenvalue weighted by Crippen LogP contribution is -2.31. The molecule has 3 heterocycles. The van der Waals surface area contributed by atoms with E-state index in [0.717, 1.165) is 46.9 Å². The van der Waals surface area contributed by atoms with Crippen molar-refractivity contribution in [2.24, 2.45) is 0 Å². The molecule has 4 rings (SSSR count). The average molecular weight is 523 g/mol. The third kappa shape index (κ3) is 4.21. The Labute approximate surface area is 196 Å². The minimum atomic E-state index is -3.49. The van der Waals surface area contributed by atoms with Gasteiger partial charge in [-0.05, 0) is 66.4 Å². The molecule has 1 atom stereocenters. The number of hydrogen-bond donors (Lipinski definition) is 2. The van der Waals surface area contributed by atoms with Crippen molar-refractivity contribution in [3.05, 3.63) is 40.5 Å². The second-order valence-electron chi connectivity index (χ2n) is 8.07. The van der Waals surface area contributed by atoms with E-state index in [1.807, 2.05) is 13.0 Å². The number of nitrogens with zero attached hydrogens (tertiary/aromatic N) is 5. The molecule has 0 aliphatic carbocycles. The van der Waals surface area contributed by atoms with Crippen molar-refractivity contribution in [1.82, 2.24) is 18.9 Å². The van der Waals surface area contributed by atoms with Crippen molar-refractivity contribution in [2.75, 3.05) is 37.5 Å². The Kier molecular flexibility index (Phi) is 6.44. The molecule has 3 aromatic rings. The Balaban J connectivity index is 1.73. The lowest BCUT2D eigenvalue weighted by atomic mass is 10.1. The van der Waals surface area contributed by atoms with Crippen LogP contribution >= 0.6 is 15.9 Å². The molecule has 1 unspecified atom stereocenters. The Bertz CT molecular complexity index is 1230.